The molecule has 2 heterocycles. The van der Waals surface area contributed by atoms with Crippen molar-refractivity contribution in [2.45, 2.75) is 0 Å². The molecule has 0 fully saturated rings. The molecule has 2 aromatic heterocycles. The summed E-state index contributed by atoms with van der Waals surface area (Å²) >= 11 is 9.06. The van der Waals surface area contributed by atoms with Crippen LogP contribution in [0.3, 0.4) is 0 Å². The Hall–Kier alpha value is -1.66. The average Bonchev–Trinajstić information content (AvgIpc) is 2.32. The Bertz CT molecular complexity index is 605. The summed E-state index contributed by atoms with van der Waals surface area (Å²) in [6.45, 7) is 0. The minimum absolute atomic E-state index is 0.192. The third-order valence-corrected chi connectivity index (χ3v) is 2.83. The fraction of sp³-hybridized carbons (Fsp3) is 0. The quantitative estimate of drug-likeness (QED) is 0.888. The van der Waals surface area contributed by atoms with Gasteiger partial charge in [-0.25, -0.2) is 4.98 Å². The highest BCUT2D eigenvalue weighted by molar-refractivity contribution is 9.10. The second kappa shape index (κ2) is 5.32. The van der Waals surface area contributed by atoms with Gasteiger partial charge in [0.05, 0.1) is 22.5 Å². The Morgan fingerprint density at radius 3 is 2.78 bits per heavy atom. The van der Waals surface area contributed by atoms with E-state index in [4.69, 9.17) is 17.3 Å². The molecule has 18 heavy (non-hydrogen) atoms. The number of rotatable bonds is 2. The minimum Gasteiger partial charge on any atom is -0.382 e. The second-order valence-corrected chi connectivity index (χ2v) is 4.76. The number of anilines is 2. The number of hydrogen-bond donors (Lipinski definition) is 2. The van der Waals surface area contributed by atoms with Crippen LogP contribution >= 0.6 is 27.5 Å². The van der Waals surface area contributed by atoms with Crippen LogP contribution in [0.15, 0.2) is 35.2 Å². The van der Waals surface area contributed by atoms with Crippen LogP contribution in [0.4, 0.5) is 11.5 Å². The molecule has 0 saturated heterocycles. The lowest BCUT2D eigenvalue weighted by Gasteiger charge is -2.05. The number of carbonyl (C=O) groups is 1. The number of nitrogens with zero attached hydrogens (tertiary/aromatic N) is 2. The molecule has 0 aliphatic carbocycles. The smallest absolute Gasteiger partial charge is 0.257 e. The zero-order valence-electron chi connectivity index (χ0n) is 9.02. The normalized spacial score (nSPS) is 10.1. The molecule has 1 amide bonds. The van der Waals surface area contributed by atoms with Gasteiger partial charge in [0.1, 0.15) is 5.82 Å². The monoisotopic (exact) mass is 326 g/mol. The van der Waals surface area contributed by atoms with Crippen LogP contribution in [-0.2, 0) is 0 Å². The van der Waals surface area contributed by atoms with Crippen molar-refractivity contribution in [2.75, 3.05) is 11.1 Å². The molecule has 0 atom stereocenters. The number of halogens is 2. The van der Waals surface area contributed by atoms with Gasteiger partial charge >= 0.3 is 0 Å². The van der Waals surface area contributed by atoms with E-state index in [9.17, 15) is 4.79 Å². The predicted octanol–water partition coefficient (Wildman–Crippen LogP) is 2.73. The van der Waals surface area contributed by atoms with Gasteiger partial charge in [0.15, 0.2) is 0 Å². The summed E-state index contributed by atoms with van der Waals surface area (Å²) in [6.07, 6.45) is 4.52. The highest BCUT2D eigenvalue weighted by Gasteiger charge is 2.09. The lowest BCUT2D eigenvalue weighted by molar-refractivity contribution is 0.102. The van der Waals surface area contributed by atoms with Crippen molar-refractivity contribution in [1.29, 1.82) is 0 Å². The molecule has 0 spiro atoms. The van der Waals surface area contributed by atoms with Crippen LogP contribution in [-0.4, -0.2) is 15.9 Å². The molecule has 0 radical (unpaired) electrons. The van der Waals surface area contributed by atoms with Gasteiger partial charge in [-0.15, -0.1) is 0 Å². The van der Waals surface area contributed by atoms with Gasteiger partial charge in [-0.3, -0.25) is 9.78 Å². The largest absolute Gasteiger partial charge is 0.382 e. The summed E-state index contributed by atoms with van der Waals surface area (Å²) in [5.74, 6) is -0.137. The summed E-state index contributed by atoms with van der Waals surface area (Å²) < 4.78 is 0.772. The number of amides is 1. The maximum atomic E-state index is 11.9. The van der Waals surface area contributed by atoms with E-state index in [1.807, 2.05) is 0 Å². The van der Waals surface area contributed by atoms with Crippen molar-refractivity contribution in [3.05, 3.63) is 45.8 Å². The fourth-order valence-corrected chi connectivity index (χ4v) is 1.79. The standard InChI is InChI=1S/C11H8BrClN4O/c12-7-2-8(5-15-4-7)17-11(18)6-1-9(13)10(14)16-3-6/h1-5H,(H2,14,16)(H,17,18). The van der Waals surface area contributed by atoms with Gasteiger partial charge in [0.25, 0.3) is 5.91 Å². The van der Waals surface area contributed by atoms with E-state index in [1.165, 1.54) is 18.5 Å². The summed E-state index contributed by atoms with van der Waals surface area (Å²) in [5.41, 5.74) is 6.37. The molecule has 0 saturated carbocycles. The zero-order valence-corrected chi connectivity index (χ0v) is 11.4. The maximum absolute atomic E-state index is 11.9. The number of pyridine rings is 2. The van der Waals surface area contributed by atoms with E-state index in [2.05, 4.69) is 31.2 Å². The van der Waals surface area contributed by atoms with E-state index in [-0.39, 0.29) is 16.7 Å². The van der Waals surface area contributed by atoms with Gasteiger partial charge in [0.2, 0.25) is 0 Å². The van der Waals surface area contributed by atoms with Crippen LogP contribution in [0.2, 0.25) is 5.02 Å². The van der Waals surface area contributed by atoms with Crippen molar-refractivity contribution in [2.24, 2.45) is 0 Å². The molecule has 0 unspecified atom stereocenters. The molecule has 0 aliphatic rings. The third-order valence-electron chi connectivity index (χ3n) is 2.09. The molecular formula is C11H8BrClN4O. The maximum Gasteiger partial charge on any atom is 0.257 e. The van der Waals surface area contributed by atoms with Gasteiger partial charge in [0, 0.05) is 16.9 Å². The van der Waals surface area contributed by atoms with Crippen molar-refractivity contribution >= 4 is 44.9 Å². The zero-order chi connectivity index (χ0) is 13.1. The molecule has 7 heteroatoms. The number of nitrogens with one attached hydrogen (secondary N) is 1. The molecule has 2 rings (SSSR count). The Morgan fingerprint density at radius 2 is 2.11 bits per heavy atom. The average molecular weight is 328 g/mol. The molecule has 3 N–H and O–H groups in total. The van der Waals surface area contributed by atoms with Crippen molar-refractivity contribution in [3.8, 4) is 0 Å². The van der Waals surface area contributed by atoms with Crippen LogP contribution in [0.25, 0.3) is 0 Å². The van der Waals surface area contributed by atoms with Gasteiger partial charge in [-0.05, 0) is 28.1 Å². The Labute approximate surface area is 117 Å². The van der Waals surface area contributed by atoms with Crippen molar-refractivity contribution in [1.82, 2.24) is 9.97 Å². The van der Waals surface area contributed by atoms with Crippen LogP contribution in [0, 0.1) is 0 Å². The number of aromatic nitrogens is 2. The fourth-order valence-electron chi connectivity index (χ4n) is 1.26. The second-order valence-electron chi connectivity index (χ2n) is 3.44. The lowest BCUT2D eigenvalue weighted by Crippen LogP contribution is -2.12. The molecule has 0 bridgehead atoms. The number of nitrogen functional groups attached to an aromatic ring is 1. The summed E-state index contributed by atoms with van der Waals surface area (Å²) in [4.78, 5) is 19.7. The first kappa shape index (κ1) is 12.8. The van der Waals surface area contributed by atoms with E-state index in [0.29, 0.717) is 11.3 Å². The molecular weight excluding hydrogens is 320 g/mol. The Kier molecular flexibility index (Phi) is 3.78. The van der Waals surface area contributed by atoms with Gasteiger partial charge in [-0.1, -0.05) is 11.6 Å². The highest BCUT2D eigenvalue weighted by atomic mass is 79.9. The minimum atomic E-state index is -0.329. The van der Waals surface area contributed by atoms with E-state index < -0.39 is 0 Å². The number of hydrogen-bond acceptors (Lipinski definition) is 4. The highest BCUT2D eigenvalue weighted by Crippen LogP contribution is 2.18. The topological polar surface area (TPSA) is 80.9 Å². The van der Waals surface area contributed by atoms with Gasteiger partial charge in [-0.2, -0.15) is 0 Å². The Morgan fingerprint density at radius 1 is 1.33 bits per heavy atom. The SMILES string of the molecule is Nc1ncc(C(=O)Nc2cncc(Br)c2)cc1Cl. The van der Waals surface area contributed by atoms with Crippen LogP contribution in [0.5, 0.6) is 0 Å². The first-order valence-electron chi connectivity index (χ1n) is 4.89. The van der Waals surface area contributed by atoms with E-state index >= 15 is 0 Å². The molecule has 92 valence electrons. The number of nitrogens with two attached hydrogens (primary N) is 1. The van der Waals surface area contributed by atoms with Crippen LogP contribution < -0.4 is 11.1 Å². The van der Waals surface area contributed by atoms with E-state index in [0.717, 1.165) is 4.47 Å². The lowest BCUT2D eigenvalue weighted by atomic mass is 10.2. The summed E-state index contributed by atoms with van der Waals surface area (Å²) in [6, 6.07) is 3.20. The third kappa shape index (κ3) is 2.96. The first-order chi connectivity index (χ1) is 8.56. The van der Waals surface area contributed by atoms with E-state index in [1.54, 1.807) is 12.3 Å². The molecule has 0 aromatic carbocycles. The predicted molar refractivity (Wildman–Crippen MR) is 73.5 cm³/mol. The molecule has 0 aliphatic heterocycles. The summed E-state index contributed by atoms with van der Waals surface area (Å²) in [5, 5.41) is 2.92. The number of carbonyl (C=O) groups excluding carboxylic acids is 1. The Balaban J connectivity index is 2.19. The summed E-state index contributed by atoms with van der Waals surface area (Å²) in [7, 11) is 0. The van der Waals surface area contributed by atoms with Crippen molar-refractivity contribution in [3.63, 3.8) is 0 Å². The molecule has 5 nitrogen and oxygen atoms in total. The van der Waals surface area contributed by atoms with Gasteiger partial charge < -0.3 is 11.1 Å². The first-order valence-corrected chi connectivity index (χ1v) is 6.06. The van der Waals surface area contributed by atoms with Crippen molar-refractivity contribution < 1.29 is 4.79 Å². The molecule has 2 aromatic rings. The van der Waals surface area contributed by atoms with Crippen LogP contribution in [0.1, 0.15) is 10.4 Å².